The van der Waals surface area contributed by atoms with Gasteiger partial charge in [-0.1, -0.05) is 36.6 Å². The zero-order valence-corrected chi connectivity index (χ0v) is 12.4. The van der Waals surface area contributed by atoms with Gasteiger partial charge in [0.2, 0.25) is 0 Å². The molecule has 0 spiro atoms. The Morgan fingerprint density at radius 3 is 2.61 bits per heavy atom. The van der Waals surface area contributed by atoms with Gasteiger partial charge in [-0.05, 0) is 42.4 Å². The van der Waals surface area contributed by atoms with E-state index in [2.05, 4.69) is 24.4 Å². The molecular formula is C15H21Cl2N. The summed E-state index contributed by atoms with van der Waals surface area (Å²) in [6, 6.07) is 6.23. The molecule has 100 valence electrons. The summed E-state index contributed by atoms with van der Waals surface area (Å²) in [5.41, 5.74) is 2.69. The summed E-state index contributed by atoms with van der Waals surface area (Å²) in [6.45, 7) is 3.89. The molecule has 0 unspecified atom stereocenters. The quantitative estimate of drug-likeness (QED) is 0.784. The number of halogens is 2. The lowest BCUT2D eigenvalue weighted by molar-refractivity contribution is 0.320. The SMILES string of the molecule is Cc1ccc(CNCC2(CCl)CCCC2)c(Cl)c1. The molecule has 0 aliphatic heterocycles. The van der Waals surface area contributed by atoms with E-state index in [9.17, 15) is 0 Å². The van der Waals surface area contributed by atoms with Gasteiger partial charge in [0.15, 0.2) is 0 Å². The Hall–Kier alpha value is -0.240. The molecule has 1 N–H and O–H groups in total. The zero-order chi connectivity index (χ0) is 13.0. The predicted molar refractivity (Wildman–Crippen MR) is 79.5 cm³/mol. The molecule has 0 radical (unpaired) electrons. The normalized spacial score (nSPS) is 18.2. The molecule has 1 nitrogen and oxygen atoms in total. The van der Waals surface area contributed by atoms with Gasteiger partial charge in [-0.25, -0.2) is 0 Å². The summed E-state index contributed by atoms with van der Waals surface area (Å²) in [5.74, 6) is 0.766. The van der Waals surface area contributed by atoms with E-state index in [1.54, 1.807) is 0 Å². The summed E-state index contributed by atoms with van der Waals surface area (Å²) in [7, 11) is 0. The molecule has 0 heterocycles. The van der Waals surface area contributed by atoms with Crippen LogP contribution in [0.25, 0.3) is 0 Å². The first kappa shape index (κ1) is 14.2. The topological polar surface area (TPSA) is 12.0 Å². The van der Waals surface area contributed by atoms with E-state index >= 15 is 0 Å². The van der Waals surface area contributed by atoms with Gasteiger partial charge in [-0.15, -0.1) is 11.6 Å². The van der Waals surface area contributed by atoms with Crippen LogP contribution >= 0.6 is 23.2 Å². The van der Waals surface area contributed by atoms with Crippen molar-refractivity contribution >= 4 is 23.2 Å². The Bertz CT molecular complexity index is 397. The number of alkyl halides is 1. The molecule has 2 rings (SSSR count). The number of hydrogen-bond donors (Lipinski definition) is 1. The minimum Gasteiger partial charge on any atom is -0.312 e. The number of rotatable bonds is 5. The van der Waals surface area contributed by atoms with E-state index < -0.39 is 0 Å². The van der Waals surface area contributed by atoms with Crippen LogP contribution in [-0.2, 0) is 6.54 Å². The molecule has 0 aromatic heterocycles. The third-order valence-corrected chi connectivity index (χ3v) is 4.89. The maximum absolute atomic E-state index is 6.23. The third-order valence-electron chi connectivity index (χ3n) is 3.97. The van der Waals surface area contributed by atoms with Gasteiger partial charge in [0.1, 0.15) is 0 Å². The van der Waals surface area contributed by atoms with Crippen molar-refractivity contribution in [2.24, 2.45) is 5.41 Å². The molecule has 1 fully saturated rings. The van der Waals surface area contributed by atoms with Crippen LogP contribution in [0.15, 0.2) is 18.2 Å². The lowest BCUT2D eigenvalue weighted by atomic mass is 9.88. The van der Waals surface area contributed by atoms with Crippen molar-refractivity contribution in [3.63, 3.8) is 0 Å². The smallest absolute Gasteiger partial charge is 0.0453 e. The summed E-state index contributed by atoms with van der Waals surface area (Å²) in [5, 5.41) is 4.38. The van der Waals surface area contributed by atoms with Crippen molar-refractivity contribution < 1.29 is 0 Å². The van der Waals surface area contributed by atoms with Crippen LogP contribution in [0.1, 0.15) is 36.8 Å². The van der Waals surface area contributed by atoms with E-state index in [0.29, 0.717) is 5.41 Å². The number of nitrogens with one attached hydrogen (secondary N) is 1. The van der Waals surface area contributed by atoms with Gasteiger partial charge in [0, 0.05) is 24.0 Å². The fraction of sp³-hybridized carbons (Fsp3) is 0.600. The van der Waals surface area contributed by atoms with Crippen LogP contribution in [0, 0.1) is 12.3 Å². The molecule has 3 heteroatoms. The van der Waals surface area contributed by atoms with Crippen molar-refractivity contribution in [2.45, 2.75) is 39.2 Å². The Morgan fingerprint density at radius 1 is 1.28 bits per heavy atom. The highest BCUT2D eigenvalue weighted by Gasteiger charge is 2.32. The lowest BCUT2D eigenvalue weighted by Gasteiger charge is -2.26. The van der Waals surface area contributed by atoms with Crippen molar-refractivity contribution in [2.75, 3.05) is 12.4 Å². The van der Waals surface area contributed by atoms with Crippen LogP contribution < -0.4 is 5.32 Å². The molecule has 0 saturated heterocycles. The first-order valence-corrected chi connectivity index (χ1v) is 7.58. The van der Waals surface area contributed by atoms with Gasteiger partial charge >= 0.3 is 0 Å². The highest BCUT2D eigenvalue weighted by atomic mass is 35.5. The van der Waals surface area contributed by atoms with Crippen LogP contribution in [0.3, 0.4) is 0 Å². The van der Waals surface area contributed by atoms with Crippen LogP contribution in [0.2, 0.25) is 5.02 Å². The molecule has 18 heavy (non-hydrogen) atoms. The van der Waals surface area contributed by atoms with Crippen molar-refractivity contribution in [3.05, 3.63) is 34.3 Å². The second-order valence-corrected chi connectivity index (χ2v) is 6.21. The van der Waals surface area contributed by atoms with E-state index in [4.69, 9.17) is 23.2 Å². The fourth-order valence-corrected chi connectivity index (χ4v) is 3.40. The van der Waals surface area contributed by atoms with Gasteiger partial charge in [0.25, 0.3) is 0 Å². The van der Waals surface area contributed by atoms with E-state index in [1.165, 1.54) is 36.8 Å². The summed E-state index contributed by atoms with van der Waals surface area (Å²) >= 11 is 12.4. The Kier molecular flexibility index (Phi) is 4.94. The lowest BCUT2D eigenvalue weighted by Crippen LogP contribution is -2.33. The Labute approximate surface area is 120 Å². The maximum atomic E-state index is 6.23. The molecule has 1 aromatic carbocycles. The molecule has 1 aliphatic carbocycles. The summed E-state index contributed by atoms with van der Waals surface area (Å²) in [4.78, 5) is 0. The minimum absolute atomic E-state index is 0.318. The van der Waals surface area contributed by atoms with Crippen LogP contribution in [0.4, 0.5) is 0 Å². The van der Waals surface area contributed by atoms with Crippen molar-refractivity contribution in [1.82, 2.24) is 5.32 Å². The minimum atomic E-state index is 0.318. The Balaban J connectivity index is 1.88. The average molecular weight is 286 g/mol. The number of benzene rings is 1. The third kappa shape index (κ3) is 3.40. The highest BCUT2D eigenvalue weighted by molar-refractivity contribution is 6.31. The van der Waals surface area contributed by atoms with Gasteiger partial charge < -0.3 is 5.32 Å². The second kappa shape index (κ2) is 6.27. The molecule has 0 amide bonds. The average Bonchev–Trinajstić information content (AvgIpc) is 2.81. The van der Waals surface area contributed by atoms with Crippen molar-refractivity contribution in [3.8, 4) is 0 Å². The van der Waals surface area contributed by atoms with E-state index in [-0.39, 0.29) is 0 Å². The molecule has 1 aromatic rings. The first-order chi connectivity index (χ1) is 8.65. The molecule has 1 saturated carbocycles. The van der Waals surface area contributed by atoms with Crippen LogP contribution in [0.5, 0.6) is 0 Å². The molecule has 0 bridgehead atoms. The maximum Gasteiger partial charge on any atom is 0.0453 e. The predicted octanol–water partition coefficient (Wildman–Crippen LogP) is 4.54. The van der Waals surface area contributed by atoms with Gasteiger partial charge in [-0.3, -0.25) is 0 Å². The monoisotopic (exact) mass is 285 g/mol. The molecule has 0 atom stereocenters. The van der Waals surface area contributed by atoms with Crippen molar-refractivity contribution in [1.29, 1.82) is 0 Å². The largest absolute Gasteiger partial charge is 0.312 e. The van der Waals surface area contributed by atoms with Gasteiger partial charge in [0.05, 0.1) is 0 Å². The highest BCUT2D eigenvalue weighted by Crippen LogP contribution is 2.38. The van der Waals surface area contributed by atoms with Gasteiger partial charge in [-0.2, -0.15) is 0 Å². The molecule has 1 aliphatic rings. The molecular weight excluding hydrogens is 265 g/mol. The Morgan fingerprint density at radius 2 is 2.00 bits per heavy atom. The van der Waals surface area contributed by atoms with E-state index in [1.807, 2.05) is 6.07 Å². The zero-order valence-electron chi connectivity index (χ0n) is 10.9. The standard InChI is InChI=1S/C15H21Cl2N/c1-12-4-5-13(14(17)8-12)9-18-11-15(10-16)6-2-3-7-15/h4-5,8,18H,2-3,6-7,9-11H2,1H3. The summed E-state index contributed by atoms with van der Waals surface area (Å²) < 4.78 is 0. The first-order valence-electron chi connectivity index (χ1n) is 6.67. The number of hydrogen-bond acceptors (Lipinski definition) is 1. The van der Waals surface area contributed by atoms with E-state index in [0.717, 1.165) is 24.0 Å². The fourth-order valence-electron chi connectivity index (χ4n) is 2.74. The summed E-state index contributed by atoms with van der Waals surface area (Å²) in [6.07, 6.45) is 5.15. The second-order valence-electron chi connectivity index (χ2n) is 5.54. The van der Waals surface area contributed by atoms with Crippen LogP contribution in [-0.4, -0.2) is 12.4 Å². The number of aryl methyl sites for hydroxylation is 1.